The van der Waals surface area contributed by atoms with E-state index in [1.807, 2.05) is 50.2 Å². The van der Waals surface area contributed by atoms with Gasteiger partial charge in [0.25, 0.3) is 5.91 Å². The number of ether oxygens (including phenoxy) is 1. The first-order valence-corrected chi connectivity index (χ1v) is 9.10. The van der Waals surface area contributed by atoms with Crippen molar-refractivity contribution in [1.82, 2.24) is 5.32 Å². The van der Waals surface area contributed by atoms with Gasteiger partial charge in [0, 0.05) is 10.9 Å². The zero-order chi connectivity index (χ0) is 20.3. The Morgan fingerprint density at radius 1 is 1.25 bits per heavy atom. The normalized spacial score (nSPS) is 13.2. The minimum absolute atomic E-state index is 0.00597. The summed E-state index contributed by atoms with van der Waals surface area (Å²) in [5.74, 6) is -1.12. The second kappa shape index (κ2) is 7.73. The molecule has 1 amide bonds. The van der Waals surface area contributed by atoms with Crippen molar-refractivity contribution in [2.75, 3.05) is 6.61 Å². The predicted molar refractivity (Wildman–Crippen MR) is 105 cm³/mol. The highest BCUT2D eigenvalue weighted by molar-refractivity contribution is 6.08. The molecule has 3 rings (SSSR count). The molecule has 0 saturated heterocycles. The number of carbonyl (C=O) groups is 2. The number of esters is 1. The molecule has 6 nitrogen and oxygen atoms in total. The maximum Gasteiger partial charge on any atom is 0.310 e. The quantitative estimate of drug-likeness (QED) is 0.660. The van der Waals surface area contributed by atoms with Crippen LogP contribution in [0.1, 0.15) is 26.3 Å². The van der Waals surface area contributed by atoms with Crippen molar-refractivity contribution in [2.45, 2.75) is 32.7 Å². The summed E-state index contributed by atoms with van der Waals surface area (Å²) in [7, 11) is 0. The molecule has 2 aromatic carbocycles. The highest BCUT2D eigenvalue weighted by atomic mass is 16.5. The van der Waals surface area contributed by atoms with Crippen molar-refractivity contribution in [1.29, 1.82) is 5.26 Å². The molecule has 0 aliphatic rings. The van der Waals surface area contributed by atoms with Crippen LogP contribution in [-0.4, -0.2) is 24.0 Å². The lowest BCUT2D eigenvalue weighted by Gasteiger charge is -2.27. The van der Waals surface area contributed by atoms with E-state index in [9.17, 15) is 14.9 Å². The molecule has 0 bridgehead atoms. The van der Waals surface area contributed by atoms with Crippen molar-refractivity contribution >= 4 is 33.6 Å². The van der Waals surface area contributed by atoms with Gasteiger partial charge in [-0.2, -0.15) is 5.26 Å². The Morgan fingerprint density at radius 2 is 2.00 bits per heavy atom. The molecule has 0 aliphatic heterocycles. The first-order chi connectivity index (χ1) is 13.3. The Hall–Kier alpha value is -3.33. The first-order valence-electron chi connectivity index (χ1n) is 9.10. The number of nitrogens with zero attached hydrogens (tertiary/aromatic N) is 1. The van der Waals surface area contributed by atoms with Crippen LogP contribution in [0.25, 0.3) is 21.7 Å². The van der Waals surface area contributed by atoms with E-state index in [0.717, 1.165) is 16.2 Å². The summed E-state index contributed by atoms with van der Waals surface area (Å²) in [6.07, 6.45) is 1.54. The Labute approximate surface area is 163 Å². The number of amides is 1. The van der Waals surface area contributed by atoms with Gasteiger partial charge in [0.1, 0.15) is 11.1 Å². The summed E-state index contributed by atoms with van der Waals surface area (Å²) in [5.41, 5.74) is 0.394. The summed E-state index contributed by atoms with van der Waals surface area (Å²) in [4.78, 5) is 24.3. The van der Waals surface area contributed by atoms with Gasteiger partial charge in [0.2, 0.25) is 0 Å². The fraction of sp³-hybridized carbons (Fsp3) is 0.318. The third kappa shape index (κ3) is 3.84. The second-order valence-corrected chi connectivity index (χ2v) is 7.28. The van der Waals surface area contributed by atoms with Gasteiger partial charge in [-0.1, -0.05) is 44.2 Å². The molecule has 144 valence electrons. The highest BCUT2D eigenvalue weighted by Gasteiger charge is 2.30. The van der Waals surface area contributed by atoms with E-state index in [1.165, 1.54) is 0 Å². The molecule has 1 atom stereocenters. The van der Waals surface area contributed by atoms with Crippen molar-refractivity contribution < 1.29 is 18.7 Å². The molecule has 28 heavy (non-hydrogen) atoms. The molecule has 1 N–H and O–H groups in total. The van der Waals surface area contributed by atoms with E-state index in [0.29, 0.717) is 11.1 Å². The van der Waals surface area contributed by atoms with Gasteiger partial charge < -0.3 is 14.5 Å². The van der Waals surface area contributed by atoms with Crippen LogP contribution < -0.4 is 5.32 Å². The van der Waals surface area contributed by atoms with Crippen molar-refractivity contribution in [3.63, 3.8) is 0 Å². The lowest BCUT2D eigenvalue weighted by atomic mass is 9.90. The third-order valence-corrected chi connectivity index (χ3v) is 5.03. The van der Waals surface area contributed by atoms with E-state index in [1.54, 1.807) is 13.2 Å². The smallest absolute Gasteiger partial charge is 0.310 e. The minimum Gasteiger partial charge on any atom is -0.464 e. The van der Waals surface area contributed by atoms with Crippen LogP contribution in [-0.2, 0) is 20.7 Å². The summed E-state index contributed by atoms with van der Waals surface area (Å²) in [6, 6.07) is 13.8. The molecule has 1 heterocycles. The SMILES string of the molecule is CC(C)[C@](C)(C#N)NC(=O)COC(=O)Cc1coc2ccc3ccccc3c12. The molecule has 0 aliphatic carbocycles. The summed E-state index contributed by atoms with van der Waals surface area (Å²) >= 11 is 0. The fourth-order valence-electron chi connectivity index (χ4n) is 2.98. The molecule has 0 fully saturated rings. The van der Waals surface area contributed by atoms with Gasteiger partial charge in [0.05, 0.1) is 18.8 Å². The first kappa shape index (κ1) is 19.4. The van der Waals surface area contributed by atoms with Crippen LogP contribution in [0.3, 0.4) is 0 Å². The Morgan fingerprint density at radius 3 is 2.71 bits per heavy atom. The number of carbonyl (C=O) groups excluding carboxylic acids is 2. The number of rotatable bonds is 6. The summed E-state index contributed by atoms with van der Waals surface area (Å²) in [6.45, 7) is 4.88. The van der Waals surface area contributed by atoms with Crippen molar-refractivity contribution in [2.24, 2.45) is 5.92 Å². The number of hydrogen-bond acceptors (Lipinski definition) is 5. The van der Waals surface area contributed by atoms with E-state index in [-0.39, 0.29) is 12.3 Å². The molecule has 0 saturated carbocycles. The molecule has 3 aromatic rings. The lowest BCUT2D eigenvalue weighted by molar-refractivity contribution is -0.148. The van der Waals surface area contributed by atoms with Crippen LogP contribution in [0.4, 0.5) is 0 Å². The molecule has 0 unspecified atom stereocenters. The van der Waals surface area contributed by atoms with E-state index < -0.39 is 24.0 Å². The van der Waals surface area contributed by atoms with Crippen LogP contribution in [0.15, 0.2) is 47.1 Å². The average Bonchev–Trinajstić information content (AvgIpc) is 3.09. The number of hydrogen-bond donors (Lipinski definition) is 1. The van der Waals surface area contributed by atoms with E-state index >= 15 is 0 Å². The number of nitriles is 1. The number of fused-ring (bicyclic) bond motifs is 3. The molecular formula is C22H22N2O4. The standard InChI is InChI=1S/C22H22N2O4/c1-14(2)22(3,13-23)24-19(25)12-28-20(26)10-16-11-27-18-9-8-15-6-4-5-7-17(15)21(16)18/h4-9,11,14H,10,12H2,1-3H3,(H,24,25)/t22-/m0/s1. The van der Waals surface area contributed by atoms with Gasteiger partial charge in [-0.3, -0.25) is 9.59 Å². The molecular weight excluding hydrogens is 356 g/mol. The monoisotopic (exact) mass is 378 g/mol. The number of furan rings is 1. The van der Waals surface area contributed by atoms with Gasteiger partial charge >= 0.3 is 5.97 Å². The van der Waals surface area contributed by atoms with E-state index in [4.69, 9.17) is 9.15 Å². The molecule has 0 spiro atoms. The molecule has 0 radical (unpaired) electrons. The average molecular weight is 378 g/mol. The van der Waals surface area contributed by atoms with Crippen LogP contribution in [0.5, 0.6) is 0 Å². The molecule has 1 aromatic heterocycles. The Balaban J connectivity index is 1.68. The number of nitrogens with one attached hydrogen (secondary N) is 1. The minimum atomic E-state index is -1.01. The largest absolute Gasteiger partial charge is 0.464 e. The Bertz CT molecular complexity index is 1080. The van der Waals surface area contributed by atoms with Crippen molar-refractivity contribution in [3.8, 4) is 6.07 Å². The highest BCUT2D eigenvalue weighted by Crippen LogP contribution is 2.30. The predicted octanol–water partition coefficient (Wildman–Crippen LogP) is 3.73. The molecule has 6 heteroatoms. The van der Waals surface area contributed by atoms with Gasteiger partial charge in [0.15, 0.2) is 6.61 Å². The van der Waals surface area contributed by atoms with Crippen molar-refractivity contribution in [3.05, 3.63) is 48.2 Å². The van der Waals surface area contributed by atoms with E-state index in [2.05, 4.69) is 11.4 Å². The van der Waals surface area contributed by atoms with Crippen LogP contribution in [0, 0.1) is 17.2 Å². The lowest BCUT2D eigenvalue weighted by Crippen LogP contribution is -2.50. The fourth-order valence-corrected chi connectivity index (χ4v) is 2.98. The van der Waals surface area contributed by atoms with Gasteiger partial charge in [-0.25, -0.2) is 0 Å². The summed E-state index contributed by atoms with van der Waals surface area (Å²) in [5, 5.41) is 14.8. The zero-order valence-corrected chi connectivity index (χ0v) is 16.1. The summed E-state index contributed by atoms with van der Waals surface area (Å²) < 4.78 is 10.7. The van der Waals surface area contributed by atoms with Crippen LogP contribution in [0.2, 0.25) is 0 Å². The maximum absolute atomic E-state index is 12.3. The van der Waals surface area contributed by atoms with Gasteiger partial charge in [-0.05, 0) is 29.7 Å². The third-order valence-electron chi connectivity index (χ3n) is 5.03. The maximum atomic E-state index is 12.3. The van der Waals surface area contributed by atoms with Crippen LogP contribution >= 0.6 is 0 Å². The van der Waals surface area contributed by atoms with Gasteiger partial charge in [-0.15, -0.1) is 0 Å². The second-order valence-electron chi connectivity index (χ2n) is 7.28. The number of benzene rings is 2. The topological polar surface area (TPSA) is 92.3 Å². The zero-order valence-electron chi connectivity index (χ0n) is 16.1. The Kier molecular flexibility index (Phi) is 5.36.